The zero-order valence-electron chi connectivity index (χ0n) is 16.5. The summed E-state index contributed by atoms with van der Waals surface area (Å²) < 4.78 is 0. The van der Waals surface area contributed by atoms with Gasteiger partial charge >= 0.3 is 0 Å². The lowest BCUT2D eigenvalue weighted by molar-refractivity contribution is 1.30. The first kappa shape index (κ1) is 17.5. The van der Waals surface area contributed by atoms with E-state index >= 15 is 0 Å². The maximum atomic E-state index is 2.36. The molecule has 0 unspecified atom stereocenters. The molecule has 0 saturated carbocycles. The van der Waals surface area contributed by atoms with Gasteiger partial charge in [0.1, 0.15) is 0 Å². The fraction of sp³-hybridized carbons (Fsp3) is 0.280. The molecule has 0 atom stereocenters. The number of rotatable bonds is 2. The smallest absolute Gasteiger partial charge is 0.0125 e. The molecule has 0 aliphatic rings. The van der Waals surface area contributed by atoms with Crippen LogP contribution in [0.5, 0.6) is 0 Å². The zero-order valence-corrected chi connectivity index (χ0v) is 16.5. The molecule has 0 heteroatoms. The highest BCUT2D eigenvalue weighted by Crippen LogP contribution is 2.35. The minimum Gasteiger partial charge on any atom is -0.0557 e. The first-order valence-electron chi connectivity index (χ1n) is 9.04. The molecule has 0 amide bonds. The Balaban J connectivity index is 2.25. The Morgan fingerprint density at radius 2 is 0.640 bits per heavy atom. The molecular formula is C25H28. The third kappa shape index (κ3) is 3.39. The third-order valence-electron chi connectivity index (χ3n) is 5.01. The molecule has 0 radical (unpaired) electrons. The van der Waals surface area contributed by atoms with Crippen LogP contribution in [0.25, 0.3) is 22.3 Å². The van der Waals surface area contributed by atoms with Gasteiger partial charge in [-0.1, -0.05) is 47.5 Å². The van der Waals surface area contributed by atoms with Crippen LogP contribution in [0.3, 0.4) is 0 Å². The maximum absolute atomic E-state index is 2.36. The van der Waals surface area contributed by atoms with Gasteiger partial charge in [0.25, 0.3) is 0 Å². The Kier molecular flexibility index (Phi) is 4.56. The summed E-state index contributed by atoms with van der Waals surface area (Å²) in [6.07, 6.45) is 0. The van der Waals surface area contributed by atoms with Crippen LogP contribution in [-0.2, 0) is 0 Å². The Hall–Kier alpha value is -2.34. The molecule has 0 spiro atoms. The highest BCUT2D eigenvalue weighted by molar-refractivity contribution is 5.80. The Morgan fingerprint density at radius 1 is 0.360 bits per heavy atom. The van der Waals surface area contributed by atoms with Crippen molar-refractivity contribution in [2.45, 2.75) is 48.5 Å². The Labute approximate surface area is 152 Å². The largest absolute Gasteiger partial charge is 0.0557 e. The van der Waals surface area contributed by atoms with Crippen molar-refractivity contribution in [3.05, 3.63) is 81.4 Å². The van der Waals surface area contributed by atoms with Crippen LogP contribution in [-0.4, -0.2) is 0 Å². The summed E-state index contributed by atoms with van der Waals surface area (Å²) >= 11 is 0. The van der Waals surface area contributed by atoms with Crippen molar-refractivity contribution in [1.82, 2.24) is 0 Å². The Bertz CT molecular complexity index is 836. The summed E-state index contributed by atoms with van der Waals surface area (Å²) in [5.74, 6) is 0. The quantitative estimate of drug-likeness (QED) is 0.467. The fourth-order valence-corrected chi connectivity index (χ4v) is 4.34. The second kappa shape index (κ2) is 6.52. The predicted octanol–water partition coefficient (Wildman–Crippen LogP) is 7.18. The molecule has 25 heavy (non-hydrogen) atoms. The summed E-state index contributed by atoms with van der Waals surface area (Å²) in [6.45, 7) is 15.4. The average molecular weight is 328 g/mol. The van der Waals surface area contributed by atoms with Crippen molar-refractivity contribution < 1.29 is 0 Å². The first-order valence-corrected chi connectivity index (χ1v) is 9.04. The lowest BCUT2D eigenvalue weighted by Gasteiger charge is -2.17. The van der Waals surface area contributed by atoms with E-state index in [1.165, 1.54) is 61.2 Å². The summed E-state index contributed by atoms with van der Waals surface area (Å²) in [6, 6.07) is 16.1. The van der Waals surface area contributed by atoms with E-state index in [0.717, 1.165) is 0 Å². The maximum Gasteiger partial charge on any atom is -0.0125 e. The molecule has 0 aromatic heterocycles. The molecule has 0 saturated heterocycles. The minimum absolute atomic E-state index is 1.31. The molecule has 3 aromatic rings. The molecule has 0 bridgehead atoms. The van der Waals surface area contributed by atoms with Gasteiger partial charge in [-0.15, -0.1) is 0 Å². The van der Waals surface area contributed by atoms with E-state index in [1.54, 1.807) is 0 Å². The lowest BCUT2D eigenvalue weighted by atomic mass is 9.88. The van der Waals surface area contributed by atoms with E-state index in [0.29, 0.717) is 0 Å². The molecule has 3 aromatic carbocycles. The predicted molar refractivity (Wildman–Crippen MR) is 110 cm³/mol. The van der Waals surface area contributed by atoms with Crippen molar-refractivity contribution in [3.63, 3.8) is 0 Å². The van der Waals surface area contributed by atoms with Gasteiger partial charge in [-0.2, -0.15) is 0 Å². The number of benzene rings is 3. The van der Waals surface area contributed by atoms with Crippen LogP contribution in [0.1, 0.15) is 38.9 Å². The van der Waals surface area contributed by atoms with Gasteiger partial charge < -0.3 is 0 Å². The number of hydrogen-bond donors (Lipinski definition) is 0. The molecule has 0 fully saturated rings. The van der Waals surface area contributed by atoms with Crippen molar-refractivity contribution in [2.75, 3.05) is 0 Å². The summed E-state index contributed by atoms with van der Waals surface area (Å²) in [5.41, 5.74) is 14.8. The van der Waals surface area contributed by atoms with Gasteiger partial charge in [-0.25, -0.2) is 0 Å². The van der Waals surface area contributed by atoms with Crippen LogP contribution in [0, 0.1) is 48.5 Å². The molecule has 3 rings (SSSR count). The molecule has 0 aliphatic carbocycles. The molecule has 0 heterocycles. The van der Waals surface area contributed by atoms with Gasteiger partial charge in [0.05, 0.1) is 0 Å². The third-order valence-corrected chi connectivity index (χ3v) is 5.01. The average Bonchev–Trinajstić information content (AvgIpc) is 2.44. The number of aryl methyl sites for hydroxylation is 7. The molecule has 0 N–H and O–H groups in total. The zero-order chi connectivity index (χ0) is 18.3. The highest BCUT2D eigenvalue weighted by atomic mass is 14.2. The van der Waals surface area contributed by atoms with Gasteiger partial charge in [-0.3, -0.25) is 0 Å². The van der Waals surface area contributed by atoms with E-state index < -0.39 is 0 Å². The molecule has 0 nitrogen and oxygen atoms in total. The van der Waals surface area contributed by atoms with E-state index in [9.17, 15) is 0 Å². The number of hydrogen-bond acceptors (Lipinski definition) is 0. The van der Waals surface area contributed by atoms with E-state index in [4.69, 9.17) is 0 Å². The molecular weight excluding hydrogens is 300 g/mol. The fourth-order valence-electron chi connectivity index (χ4n) is 4.34. The van der Waals surface area contributed by atoms with Crippen molar-refractivity contribution in [3.8, 4) is 22.3 Å². The minimum atomic E-state index is 1.31. The normalized spacial score (nSPS) is 11.0. The van der Waals surface area contributed by atoms with Crippen molar-refractivity contribution in [1.29, 1.82) is 0 Å². The second-order valence-electron chi connectivity index (χ2n) is 7.64. The van der Waals surface area contributed by atoms with Crippen LogP contribution in [0.4, 0.5) is 0 Å². The monoisotopic (exact) mass is 328 g/mol. The first-order chi connectivity index (χ1) is 11.8. The Morgan fingerprint density at radius 3 is 0.960 bits per heavy atom. The topological polar surface area (TPSA) is 0 Å². The van der Waals surface area contributed by atoms with Gasteiger partial charge in [0.15, 0.2) is 0 Å². The van der Waals surface area contributed by atoms with E-state index in [1.807, 2.05) is 0 Å². The van der Waals surface area contributed by atoms with Crippen molar-refractivity contribution >= 4 is 0 Å². The SMILES string of the molecule is Cc1cc(-c2c(C)cc(C)cc2C)cc(-c2c(C)cc(C)cc2C)c1. The van der Waals surface area contributed by atoms with Crippen LogP contribution in [0.15, 0.2) is 42.5 Å². The second-order valence-corrected chi connectivity index (χ2v) is 7.64. The molecule has 128 valence electrons. The molecule has 0 aliphatic heterocycles. The van der Waals surface area contributed by atoms with Gasteiger partial charge in [0, 0.05) is 0 Å². The summed E-state index contributed by atoms with van der Waals surface area (Å²) in [7, 11) is 0. The standard InChI is InChI=1S/C25H28/c1-15-8-18(4)24(19(5)9-15)22-12-17(3)13-23(14-22)25-20(6)10-16(2)11-21(25)7/h8-14H,1-7H3. The van der Waals surface area contributed by atoms with Gasteiger partial charge in [-0.05, 0) is 105 Å². The van der Waals surface area contributed by atoms with Gasteiger partial charge in [0.2, 0.25) is 0 Å². The highest BCUT2D eigenvalue weighted by Gasteiger charge is 2.12. The lowest BCUT2D eigenvalue weighted by Crippen LogP contribution is -1.94. The van der Waals surface area contributed by atoms with Crippen molar-refractivity contribution in [2.24, 2.45) is 0 Å². The summed E-state index contributed by atoms with van der Waals surface area (Å²) in [4.78, 5) is 0. The van der Waals surface area contributed by atoms with Crippen LogP contribution >= 0.6 is 0 Å². The summed E-state index contributed by atoms with van der Waals surface area (Å²) in [5, 5.41) is 0. The van der Waals surface area contributed by atoms with E-state index in [2.05, 4.69) is 90.9 Å². The van der Waals surface area contributed by atoms with Crippen LogP contribution < -0.4 is 0 Å². The van der Waals surface area contributed by atoms with E-state index in [-0.39, 0.29) is 0 Å². The van der Waals surface area contributed by atoms with Crippen LogP contribution in [0.2, 0.25) is 0 Å².